The van der Waals surface area contributed by atoms with E-state index in [1.54, 1.807) is 6.20 Å². The second-order valence-electron chi connectivity index (χ2n) is 4.41. The van der Waals surface area contributed by atoms with Crippen molar-refractivity contribution in [2.45, 2.75) is 33.2 Å². The summed E-state index contributed by atoms with van der Waals surface area (Å²) in [7, 11) is 0. The molecule has 0 saturated heterocycles. The number of rotatable bonds is 5. The molecule has 2 aromatic rings. The molecule has 0 aliphatic carbocycles. The Morgan fingerprint density at radius 1 is 1.41 bits per heavy atom. The fourth-order valence-electron chi connectivity index (χ4n) is 2.21. The van der Waals surface area contributed by atoms with Crippen LogP contribution in [0.1, 0.15) is 37.0 Å². The number of fused-ring (bicyclic) bond motifs is 1. The lowest BCUT2D eigenvalue weighted by Gasteiger charge is -2.13. The molecule has 0 spiro atoms. The van der Waals surface area contributed by atoms with Gasteiger partial charge in [0.05, 0.1) is 0 Å². The smallest absolute Gasteiger partial charge is 0.152 e. The van der Waals surface area contributed by atoms with Crippen LogP contribution in [0.15, 0.2) is 24.5 Å². The molecular formula is C14H18N2O. The average molecular weight is 230 g/mol. The molecule has 0 aromatic carbocycles. The van der Waals surface area contributed by atoms with E-state index in [0.29, 0.717) is 5.92 Å². The molecule has 0 amide bonds. The molecule has 2 heterocycles. The molecule has 2 rings (SSSR count). The van der Waals surface area contributed by atoms with E-state index in [-0.39, 0.29) is 0 Å². The minimum absolute atomic E-state index is 0.645. The first-order valence-corrected chi connectivity index (χ1v) is 6.19. The first kappa shape index (κ1) is 11.8. The number of carbonyl (C=O) groups excluding carboxylic acids is 1. The summed E-state index contributed by atoms with van der Waals surface area (Å²) in [6, 6.07) is 3.83. The Bertz CT molecular complexity index is 512. The van der Waals surface area contributed by atoms with Crippen LogP contribution in [0.2, 0.25) is 0 Å². The SMILES string of the molecule is CCC(CC)Cn1cc(C=O)c2cccnc21. The van der Waals surface area contributed by atoms with Crippen LogP contribution in [-0.2, 0) is 6.54 Å². The van der Waals surface area contributed by atoms with Gasteiger partial charge in [0.25, 0.3) is 0 Å². The predicted molar refractivity (Wildman–Crippen MR) is 69.2 cm³/mol. The Kier molecular flexibility index (Phi) is 3.57. The predicted octanol–water partition coefficient (Wildman–Crippen LogP) is 3.29. The molecule has 90 valence electrons. The molecule has 0 saturated carbocycles. The largest absolute Gasteiger partial charge is 0.331 e. The zero-order chi connectivity index (χ0) is 12.3. The van der Waals surface area contributed by atoms with Gasteiger partial charge in [0, 0.05) is 29.9 Å². The maximum Gasteiger partial charge on any atom is 0.152 e. The van der Waals surface area contributed by atoms with Crippen molar-refractivity contribution in [1.82, 2.24) is 9.55 Å². The molecule has 2 aromatic heterocycles. The number of pyridine rings is 1. The lowest BCUT2D eigenvalue weighted by Crippen LogP contribution is -2.08. The van der Waals surface area contributed by atoms with Crippen molar-refractivity contribution in [2.75, 3.05) is 0 Å². The fourth-order valence-corrected chi connectivity index (χ4v) is 2.21. The molecule has 0 aliphatic rings. The standard InChI is InChI=1S/C14H18N2O/c1-3-11(4-2)8-16-9-12(10-17)13-6-5-7-15-14(13)16/h5-7,9-11H,3-4,8H2,1-2H3. The van der Waals surface area contributed by atoms with Gasteiger partial charge in [-0.3, -0.25) is 4.79 Å². The van der Waals surface area contributed by atoms with Gasteiger partial charge >= 0.3 is 0 Å². The molecule has 17 heavy (non-hydrogen) atoms. The number of nitrogens with zero attached hydrogens (tertiary/aromatic N) is 2. The summed E-state index contributed by atoms with van der Waals surface area (Å²) in [6.07, 6.45) is 6.91. The number of carbonyl (C=O) groups is 1. The van der Waals surface area contributed by atoms with Gasteiger partial charge in [-0.2, -0.15) is 0 Å². The lowest BCUT2D eigenvalue weighted by molar-refractivity contribution is 0.112. The summed E-state index contributed by atoms with van der Waals surface area (Å²) < 4.78 is 2.11. The number of hydrogen-bond acceptors (Lipinski definition) is 2. The average Bonchev–Trinajstić information content (AvgIpc) is 2.74. The summed E-state index contributed by atoms with van der Waals surface area (Å²) in [5.41, 5.74) is 1.65. The van der Waals surface area contributed by atoms with Crippen molar-refractivity contribution < 1.29 is 4.79 Å². The first-order chi connectivity index (χ1) is 8.30. The van der Waals surface area contributed by atoms with Crippen molar-refractivity contribution >= 4 is 17.3 Å². The van der Waals surface area contributed by atoms with Crippen LogP contribution in [0.25, 0.3) is 11.0 Å². The Morgan fingerprint density at radius 3 is 2.82 bits per heavy atom. The maximum atomic E-state index is 11.0. The summed E-state index contributed by atoms with van der Waals surface area (Å²) in [5, 5.41) is 0.952. The third-order valence-corrected chi connectivity index (χ3v) is 3.40. The van der Waals surface area contributed by atoms with E-state index in [9.17, 15) is 4.79 Å². The highest BCUT2D eigenvalue weighted by Gasteiger charge is 2.11. The van der Waals surface area contributed by atoms with Crippen molar-refractivity contribution in [3.05, 3.63) is 30.1 Å². The Balaban J connectivity index is 2.43. The highest BCUT2D eigenvalue weighted by molar-refractivity contribution is 5.95. The third kappa shape index (κ3) is 2.23. The third-order valence-electron chi connectivity index (χ3n) is 3.40. The zero-order valence-electron chi connectivity index (χ0n) is 10.4. The summed E-state index contributed by atoms with van der Waals surface area (Å²) >= 11 is 0. The molecule has 0 bridgehead atoms. The summed E-state index contributed by atoms with van der Waals surface area (Å²) in [4.78, 5) is 15.4. The van der Waals surface area contributed by atoms with Gasteiger partial charge < -0.3 is 4.57 Å². The molecule has 0 atom stereocenters. The molecule has 0 N–H and O–H groups in total. The van der Waals surface area contributed by atoms with E-state index >= 15 is 0 Å². The van der Waals surface area contributed by atoms with E-state index in [2.05, 4.69) is 23.4 Å². The van der Waals surface area contributed by atoms with Crippen LogP contribution in [-0.4, -0.2) is 15.8 Å². The minimum Gasteiger partial charge on any atom is -0.331 e. The van der Waals surface area contributed by atoms with Gasteiger partial charge in [-0.15, -0.1) is 0 Å². The molecule has 0 unspecified atom stereocenters. The van der Waals surface area contributed by atoms with Crippen molar-refractivity contribution in [2.24, 2.45) is 5.92 Å². The van der Waals surface area contributed by atoms with Crippen LogP contribution in [0.5, 0.6) is 0 Å². The second-order valence-corrected chi connectivity index (χ2v) is 4.41. The molecule has 0 aliphatic heterocycles. The molecular weight excluding hydrogens is 212 g/mol. The monoisotopic (exact) mass is 230 g/mol. The molecule has 0 radical (unpaired) electrons. The van der Waals surface area contributed by atoms with E-state index < -0.39 is 0 Å². The number of hydrogen-bond donors (Lipinski definition) is 0. The van der Waals surface area contributed by atoms with Gasteiger partial charge in [-0.25, -0.2) is 4.98 Å². The zero-order valence-corrected chi connectivity index (χ0v) is 10.4. The Labute approximate surface area is 101 Å². The van der Waals surface area contributed by atoms with E-state index in [4.69, 9.17) is 0 Å². The Morgan fingerprint density at radius 2 is 2.18 bits per heavy atom. The highest BCUT2D eigenvalue weighted by Crippen LogP contribution is 2.20. The molecule has 3 heteroatoms. The topological polar surface area (TPSA) is 34.9 Å². The maximum absolute atomic E-state index is 11.0. The van der Waals surface area contributed by atoms with Gasteiger partial charge in [-0.05, 0) is 18.1 Å². The van der Waals surface area contributed by atoms with E-state index in [1.165, 1.54) is 0 Å². The van der Waals surface area contributed by atoms with Crippen LogP contribution in [0, 0.1) is 5.92 Å². The van der Waals surface area contributed by atoms with Crippen molar-refractivity contribution in [3.8, 4) is 0 Å². The summed E-state index contributed by atoms with van der Waals surface area (Å²) in [5.74, 6) is 0.645. The summed E-state index contributed by atoms with van der Waals surface area (Å²) in [6.45, 7) is 5.34. The van der Waals surface area contributed by atoms with Gasteiger partial charge in [-0.1, -0.05) is 26.7 Å². The highest BCUT2D eigenvalue weighted by atomic mass is 16.1. The number of aldehydes is 1. The van der Waals surface area contributed by atoms with E-state index in [0.717, 1.165) is 42.3 Å². The van der Waals surface area contributed by atoms with Crippen molar-refractivity contribution in [3.63, 3.8) is 0 Å². The van der Waals surface area contributed by atoms with Crippen molar-refractivity contribution in [1.29, 1.82) is 0 Å². The molecule has 0 fully saturated rings. The van der Waals surface area contributed by atoms with Crippen LogP contribution in [0.3, 0.4) is 0 Å². The first-order valence-electron chi connectivity index (χ1n) is 6.19. The molecule has 3 nitrogen and oxygen atoms in total. The van der Waals surface area contributed by atoms with Crippen LogP contribution >= 0.6 is 0 Å². The Hall–Kier alpha value is -1.64. The van der Waals surface area contributed by atoms with Crippen LogP contribution in [0.4, 0.5) is 0 Å². The quantitative estimate of drug-likeness (QED) is 0.739. The fraction of sp³-hybridized carbons (Fsp3) is 0.429. The minimum atomic E-state index is 0.645. The van der Waals surface area contributed by atoms with Gasteiger partial charge in [0.1, 0.15) is 5.65 Å². The number of aromatic nitrogens is 2. The normalized spacial score (nSPS) is 11.2. The van der Waals surface area contributed by atoms with Gasteiger partial charge in [0.15, 0.2) is 6.29 Å². The van der Waals surface area contributed by atoms with E-state index in [1.807, 2.05) is 18.3 Å². The van der Waals surface area contributed by atoms with Crippen LogP contribution < -0.4 is 0 Å². The van der Waals surface area contributed by atoms with Gasteiger partial charge in [0.2, 0.25) is 0 Å². The lowest BCUT2D eigenvalue weighted by atomic mass is 10.0. The second kappa shape index (κ2) is 5.13.